The maximum absolute atomic E-state index is 12.5. The van der Waals surface area contributed by atoms with Crippen molar-refractivity contribution in [3.8, 4) is 0 Å². The molecule has 7 atom stereocenters. The van der Waals surface area contributed by atoms with Crippen molar-refractivity contribution < 1.29 is 19.4 Å². The molecule has 0 bridgehead atoms. The Balaban J connectivity index is 1.70. The number of carbonyl (C=O) groups excluding carboxylic acids is 2. The largest absolute Gasteiger partial charge is 0.392 e. The Bertz CT molecular complexity index is 564. The number of methoxy groups -OCH3 is 1. The number of aliphatic hydroxyl groups excluding tert-OH is 1. The van der Waals surface area contributed by atoms with Crippen molar-refractivity contribution in [3.05, 3.63) is 0 Å². The molecule has 0 saturated heterocycles. The normalized spacial score (nSPS) is 40.0. The molecule has 3 rings (SSSR count). The van der Waals surface area contributed by atoms with Gasteiger partial charge in [0.25, 0.3) is 0 Å². The van der Waals surface area contributed by atoms with Crippen molar-refractivity contribution in [1.29, 1.82) is 0 Å². The summed E-state index contributed by atoms with van der Waals surface area (Å²) in [5.41, 5.74) is 0.0739. The third-order valence-corrected chi connectivity index (χ3v) is 7.49. The summed E-state index contributed by atoms with van der Waals surface area (Å²) in [5, 5.41) is 17.5. The number of rotatable bonds is 6. The van der Waals surface area contributed by atoms with Gasteiger partial charge in [0, 0.05) is 25.1 Å². The van der Waals surface area contributed by atoms with Gasteiger partial charge in [0.05, 0.1) is 6.10 Å². The Morgan fingerprint density at radius 2 is 1.85 bits per heavy atom. The van der Waals surface area contributed by atoms with Crippen molar-refractivity contribution in [2.24, 2.45) is 29.1 Å². The highest BCUT2D eigenvalue weighted by Crippen LogP contribution is 2.55. The second-order valence-corrected chi connectivity index (χ2v) is 9.45. The summed E-state index contributed by atoms with van der Waals surface area (Å²) >= 11 is 0. The first-order valence-corrected chi connectivity index (χ1v) is 10.5. The fraction of sp³-hybridized carbons (Fsp3) is 0.905. The predicted octanol–water partition coefficient (Wildman–Crippen LogP) is 1.86. The lowest BCUT2D eigenvalue weighted by atomic mass is 9.51. The third-order valence-electron chi connectivity index (χ3n) is 7.49. The van der Waals surface area contributed by atoms with E-state index < -0.39 is 6.10 Å². The highest BCUT2D eigenvalue weighted by Gasteiger charge is 2.54. The zero-order valence-electron chi connectivity index (χ0n) is 17.2. The monoisotopic (exact) mass is 380 g/mol. The topological polar surface area (TPSA) is 87.7 Å². The van der Waals surface area contributed by atoms with Crippen LogP contribution in [0.4, 0.5) is 0 Å². The number of aliphatic hydroxyl groups is 1. The lowest BCUT2D eigenvalue weighted by molar-refractivity contribution is -0.144. The smallest absolute Gasteiger partial charge is 0.246 e. The molecule has 3 aliphatic rings. The van der Waals surface area contributed by atoms with E-state index in [1.54, 1.807) is 0 Å². The number of hydrogen-bond acceptors (Lipinski definition) is 4. The van der Waals surface area contributed by atoms with Gasteiger partial charge in [-0.25, -0.2) is 0 Å². The number of ether oxygens (including phenoxy) is 1. The minimum absolute atomic E-state index is 0.0160. The maximum Gasteiger partial charge on any atom is 0.246 e. The quantitative estimate of drug-likeness (QED) is 0.656. The van der Waals surface area contributed by atoms with Crippen LogP contribution >= 0.6 is 0 Å². The lowest BCUT2D eigenvalue weighted by Crippen LogP contribution is -2.58. The van der Waals surface area contributed by atoms with Gasteiger partial charge in [0.15, 0.2) is 0 Å². The number of carbonyl (C=O) groups is 2. The number of nitrogens with one attached hydrogen (secondary N) is 2. The van der Waals surface area contributed by atoms with Gasteiger partial charge < -0.3 is 20.5 Å². The fourth-order valence-corrected chi connectivity index (χ4v) is 5.63. The van der Waals surface area contributed by atoms with E-state index in [4.69, 9.17) is 4.74 Å². The Morgan fingerprint density at radius 1 is 1.19 bits per heavy atom. The molecule has 3 fully saturated rings. The molecule has 0 aliphatic heterocycles. The summed E-state index contributed by atoms with van der Waals surface area (Å²) in [7, 11) is 1.52. The number of hydrogen-bond donors (Lipinski definition) is 3. The van der Waals surface area contributed by atoms with Crippen LogP contribution in [-0.2, 0) is 14.3 Å². The second kappa shape index (κ2) is 8.08. The first kappa shape index (κ1) is 20.6. The van der Waals surface area contributed by atoms with Crippen molar-refractivity contribution in [2.75, 3.05) is 13.7 Å². The molecule has 3 saturated carbocycles. The van der Waals surface area contributed by atoms with Crippen molar-refractivity contribution in [3.63, 3.8) is 0 Å². The molecule has 154 valence electrons. The van der Waals surface area contributed by atoms with E-state index in [0.717, 1.165) is 38.5 Å². The van der Waals surface area contributed by atoms with Gasteiger partial charge >= 0.3 is 0 Å². The van der Waals surface area contributed by atoms with Crippen LogP contribution in [0.15, 0.2) is 0 Å². The minimum Gasteiger partial charge on any atom is -0.392 e. The summed E-state index contributed by atoms with van der Waals surface area (Å²) in [5.74, 6) is 0.0455. The molecule has 0 aromatic carbocycles. The second-order valence-electron chi connectivity index (χ2n) is 9.45. The van der Waals surface area contributed by atoms with Gasteiger partial charge in [-0.05, 0) is 61.7 Å². The zero-order chi connectivity index (χ0) is 19.8. The first-order chi connectivity index (χ1) is 12.8. The Hall–Kier alpha value is -1.14. The molecular weight excluding hydrogens is 344 g/mol. The molecule has 0 spiro atoms. The molecule has 0 radical (unpaired) electrons. The van der Waals surface area contributed by atoms with Gasteiger partial charge in [-0.15, -0.1) is 0 Å². The van der Waals surface area contributed by atoms with E-state index in [2.05, 4.69) is 24.5 Å². The molecule has 6 nitrogen and oxygen atoms in total. The molecule has 0 aromatic rings. The summed E-state index contributed by atoms with van der Waals surface area (Å²) in [6.07, 6.45) is 5.48. The molecule has 0 heterocycles. The zero-order valence-corrected chi connectivity index (χ0v) is 17.2. The van der Waals surface area contributed by atoms with Crippen molar-refractivity contribution in [1.82, 2.24) is 10.6 Å². The average Bonchev–Trinajstić information content (AvgIpc) is 3.41. The van der Waals surface area contributed by atoms with Gasteiger partial charge in [0.1, 0.15) is 6.61 Å². The van der Waals surface area contributed by atoms with Crippen LogP contribution in [0, 0.1) is 29.1 Å². The van der Waals surface area contributed by atoms with Crippen LogP contribution in [0.5, 0.6) is 0 Å². The Labute approximate surface area is 162 Å². The summed E-state index contributed by atoms with van der Waals surface area (Å²) < 4.78 is 4.93. The molecule has 2 amide bonds. The molecule has 27 heavy (non-hydrogen) atoms. The average molecular weight is 381 g/mol. The third kappa shape index (κ3) is 4.32. The van der Waals surface area contributed by atoms with E-state index >= 15 is 0 Å². The van der Waals surface area contributed by atoms with Crippen LogP contribution < -0.4 is 10.6 Å². The number of fused-ring (bicyclic) bond motifs is 1. The van der Waals surface area contributed by atoms with E-state index in [1.807, 2.05) is 6.92 Å². The highest BCUT2D eigenvalue weighted by molar-refractivity contribution is 5.79. The van der Waals surface area contributed by atoms with E-state index in [9.17, 15) is 14.7 Å². The van der Waals surface area contributed by atoms with Crippen LogP contribution in [-0.4, -0.2) is 48.8 Å². The van der Waals surface area contributed by atoms with Crippen LogP contribution in [0.25, 0.3) is 0 Å². The van der Waals surface area contributed by atoms with E-state index in [1.165, 1.54) is 7.11 Å². The molecule has 6 heteroatoms. The van der Waals surface area contributed by atoms with E-state index in [0.29, 0.717) is 6.04 Å². The fourth-order valence-electron chi connectivity index (χ4n) is 5.63. The summed E-state index contributed by atoms with van der Waals surface area (Å²) in [6, 6.07) is 0.398. The molecular formula is C21H36N2O4. The van der Waals surface area contributed by atoms with Crippen molar-refractivity contribution >= 4 is 11.8 Å². The maximum atomic E-state index is 12.5. The highest BCUT2D eigenvalue weighted by atomic mass is 16.5. The van der Waals surface area contributed by atoms with Gasteiger partial charge in [0.2, 0.25) is 11.8 Å². The lowest BCUT2D eigenvalue weighted by Gasteiger charge is -2.56. The molecule has 0 unspecified atom stereocenters. The van der Waals surface area contributed by atoms with Crippen molar-refractivity contribution in [2.45, 2.75) is 77.5 Å². The Kier molecular flexibility index (Phi) is 6.16. The molecule has 3 N–H and O–H groups in total. The van der Waals surface area contributed by atoms with Crippen LogP contribution in [0.2, 0.25) is 0 Å². The van der Waals surface area contributed by atoms with Crippen LogP contribution in [0.1, 0.15) is 59.3 Å². The summed E-state index contributed by atoms with van der Waals surface area (Å²) in [4.78, 5) is 24.5. The standard InChI is InChI=1S/C21H36N2O4/c1-12(20(26)22-14-5-6-14)15-7-9-21(3)10-8-16(23-17(24)11-27-4)13(2)18(21)19(15)25/h12-16,18-19,25H,5-11H2,1-4H3,(H,22,26)(H,23,24)/t12-,13+,15+,16-,18+,19-,21-/m0/s1. The molecule has 3 aliphatic carbocycles. The van der Waals surface area contributed by atoms with Gasteiger partial charge in [-0.1, -0.05) is 20.8 Å². The predicted molar refractivity (Wildman–Crippen MR) is 103 cm³/mol. The minimum atomic E-state index is -0.513. The summed E-state index contributed by atoms with van der Waals surface area (Å²) in [6.45, 7) is 6.43. The molecule has 0 aromatic heterocycles. The SMILES string of the molecule is COCC(=O)N[C@H]1CC[C@]2(C)CC[C@H]([C@H](C)C(=O)NC3CC3)[C@H](O)[C@H]2[C@@H]1C. The van der Waals surface area contributed by atoms with E-state index in [-0.39, 0.29) is 53.5 Å². The first-order valence-electron chi connectivity index (χ1n) is 10.5. The van der Waals surface area contributed by atoms with Gasteiger partial charge in [-0.3, -0.25) is 9.59 Å². The number of amides is 2. The van der Waals surface area contributed by atoms with Crippen LogP contribution in [0.3, 0.4) is 0 Å². The van der Waals surface area contributed by atoms with Gasteiger partial charge in [-0.2, -0.15) is 0 Å². The Morgan fingerprint density at radius 3 is 2.48 bits per heavy atom.